The standard InChI is InChI=1S/C13H18N2O2.C8H6FNO.C5H13NO/c1-15(2)7-4-8-17-12-6-5-11(10-14)9-13(12)16-3;1-11-8-4-6(5-10)2-3-7(8)9;1-6(2)4-3-5-7/h5-6,9H,4,7-8H2,1-3H3;2-4H,1H3;7H,3-5H2,1-2H3. The van der Waals surface area contributed by atoms with Crippen LogP contribution in [0.25, 0.3) is 0 Å². The Hall–Kier alpha value is -3.37. The molecule has 0 aliphatic heterocycles. The summed E-state index contributed by atoms with van der Waals surface area (Å²) in [5.41, 5.74) is 0.964. The van der Waals surface area contributed by atoms with Gasteiger partial charge in [-0.3, -0.25) is 0 Å². The lowest BCUT2D eigenvalue weighted by Gasteiger charge is -2.12. The normalized spacial score (nSPS) is 9.71. The van der Waals surface area contributed by atoms with Crippen LogP contribution in [0.3, 0.4) is 0 Å². The van der Waals surface area contributed by atoms with Crippen LogP contribution in [0.15, 0.2) is 36.4 Å². The minimum absolute atomic E-state index is 0.101. The number of rotatable bonds is 10. The highest BCUT2D eigenvalue weighted by Crippen LogP contribution is 2.27. The van der Waals surface area contributed by atoms with Crippen molar-refractivity contribution in [2.24, 2.45) is 0 Å². The van der Waals surface area contributed by atoms with E-state index in [0.29, 0.717) is 35.8 Å². The Kier molecular flexibility index (Phi) is 17.2. The van der Waals surface area contributed by atoms with Gasteiger partial charge in [0.15, 0.2) is 23.1 Å². The number of benzene rings is 2. The van der Waals surface area contributed by atoms with Crippen molar-refractivity contribution in [3.8, 4) is 29.4 Å². The number of nitriles is 2. The number of hydrogen-bond donors (Lipinski definition) is 1. The number of methoxy groups -OCH3 is 2. The average Bonchev–Trinajstić information content (AvgIpc) is 2.86. The summed E-state index contributed by atoms with van der Waals surface area (Å²) in [6.07, 6.45) is 1.84. The highest BCUT2D eigenvalue weighted by Gasteiger charge is 2.05. The van der Waals surface area contributed by atoms with E-state index in [2.05, 4.69) is 20.6 Å². The van der Waals surface area contributed by atoms with Crippen LogP contribution in [0.1, 0.15) is 24.0 Å². The second-order valence-corrected chi connectivity index (χ2v) is 7.82. The fourth-order valence-electron chi connectivity index (χ4n) is 2.54. The summed E-state index contributed by atoms with van der Waals surface area (Å²) in [6.45, 7) is 2.91. The van der Waals surface area contributed by atoms with E-state index in [1.807, 2.05) is 34.3 Å². The van der Waals surface area contributed by atoms with Gasteiger partial charge in [-0.1, -0.05) is 0 Å². The van der Waals surface area contributed by atoms with E-state index in [-0.39, 0.29) is 5.75 Å². The molecule has 2 rings (SSSR count). The van der Waals surface area contributed by atoms with Gasteiger partial charge >= 0.3 is 0 Å². The zero-order valence-electron chi connectivity index (χ0n) is 21.5. The fraction of sp³-hybridized carbons (Fsp3) is 0.462. The molecule has 0 saturated carbocycles. The maximum atomic E-state index is 12.7. The molecule has 0 radical (unpaired) electrons. The monoisotopic (exact) mass is 488 g/mol. The zero-order chi connectivity index (χ0) is 26.6. The first-order chi connectivity index (χ1) is 16.7. The Morgan fingerprint density at radius 3 is 1.77 bits per heavy atom. The van der Waals surface area contributed by atoms with E-state index in [1.54, 1.807) is 25.3 Å². The van der Waals surface area contributed by atoms with Gasteiger partial charge in [-0.15, -0.1) is 0 Å². The van der Waals surface area contributed by atoms with Crippen LogP contribution in [0.2, 0.25) is 0 Å². The van der Waals surface area contributed by atoms with E-state index in [9.17, 15) is 4.39 Å². The summed E-state index contributed by atoms with van der Waals surface area (Å²) in [6, 6.07) is 13.1. The molecule has 0 heterocycles. The second kappa shape index (κ2) is 19.0. The van der Waals surface area contributed by atoms with Crippen molar-refractivity contribution in [3.05, 3.63) is 53.3 Å². The first-order valence-corrected chi connectivity index (χ1v) is 11.1. The van der Waals surface area contributed by atoms with E-state index < -0.39 is 5.82 Å². The Bertz CT molecular complexity index is 940. The maximum absolute atomic E-state index is 12.7. The first kappa shape index (κ1) is 31.6. The maximum Gasteiger partial charge on any atom is 0.165 e. The number of ether oxygens (including phenoxy) is 3. The third-order valence-corrected chi connectivity index (χ3v) is 4.34. The van der Waals surface area contributed by atoms with Crippen LogP contribution >= 0.6 is 0 Å². The molecule has 0 fully saturated rings. The molecular formula is C26H37FN4O4. The van der Waals surface area contributed by atoms with Gasteiger partial charge in [0.1, 0.15) is 0 Å². The molecular weight excluding hydrogens is 451 g/mol. The predicted octanol–water partition coefficient (Wildman–Crippen LogP) is 3.53. The highest BCUT2D eigenvalue weighted by molar-refractivity contribution is 5.46. The molecule has 2 aromatic rings. The average molecular weight is 489 g/mol. The molecule has 0 aliphatic rings. The fourth-order valence-corrected chi connectivity index (χ4v) is 2.54. The van der Waals surface area contributed by atoms with Crippen LogP contribution in [-0.4, -0.2) is 83.6 Å². The van der Waals surface area contributed by atoms with Crippen molar-refractivity contribution in [2.75, 3.05) is 68.7 Å². The molecule has 0 aromatic heterocycles. The molecule has 9 heteroatoms. The van der Waals surface area contributed by atoms with E-state index in [0.717, 1.165) is 25.9 Å². The molecule has 35 heavy (non-hydrogen) atoms. The number of halogens is 1. The van der Waals surface area contributed by atoms with E-state index >= 15 is 0 Å². The summed E-state index contributed by atoms with van der Waals surface area (Å²) >= 11 is 0. The molecule has 0 unspecified atom stereocenters. The SMILES string of the molecule is CN(C)CCCO.COc1cc(C#N)ccc1F.COc1cc(C#N)ccc1OCCCN(C)C. The van der Waals surface area contributed by atoms with E-state index in [1.165, 1.54) is 25.3 Å². The van der Waals surface area contributed by atoms with Gasteiger partial charge in [-0.25, -0.2) is 4.39 Å². The topological polar surface area (TPSA) is 102 Å². The molecule has 2 aromatic carbocycles. The Morgan fingerprint density at radius 1 is 0.800 bits per heavy atom. The quantitative estimate of drug-likeness (QED) is 0.507. The highest BCUT2D eigenvalue weighted by atomic mass is 19.1. The van der Waals surface area contributed by atoms with Crippen LogP contribution in [-0.2, 0) is 0 Å². The molecule has 0 saturated heterocycles. The van der Waals surface area contributed by atoms with Crippen molar-refractivity contribution in [3.63, 3.8) is 0 Å². The van der Waals surface area contributed by atoms with Crippen LogP contribution in [0.5, 0.6) is 17.2 Å². The Balaban J connectivity index is 0.000000550. The van der Waals surface area contributed by atoms with Crippen molar-refractivity contribution >= 4 is 0 Å². The van der Waals surface area contributed by atoms with Gasteiger partial charge in [0.05, 0.1) is 44.1 Å². The summed E-state index contributed by atoms with van der Waals surface area (Å²) in [5.74, 6) is 0.940. The van der Waals surface area contributed by atoms with Crippen LogP contribution in [0, 0.1) is 28.5 Å². The smallest absolute Gasteiger partial charge is 0.165 e. The van der Waals surface area contributed by atoms with Crippen molar-refractivity contribution in [1.29, 1.82) is 10.5 Å². The molecule has 0 aliphatic carbocycles. The first-order valence-electron chi connectivity index (χ1n) is 11.1. The van der Waals surface area contributed by atoms with Gasteiger partial charge in [0, 0.05) is 25.3 Å². The van der Waals surface area contributed by atoms with Gasteiger partial charge in [0.2, 0.25) is 0 Å². The van der Waals surface area contributed by atoms with E-state index in [4.69, 9.17) is 25.1 Å². The molecule has 0 bridgehead atoms. The summed E-state index contributed by atoms with van der Waals surface area (Å²) in [4.78, 5) is 4.16. The van der Waals surface area contributed by atoms with Crippen molar-refractivity contribution in [2.45, 2.75) is 12.8 Å². The van der Waals surface area contributed by atoms with Crippen LogP contribution in [0.4, 0.5) is 4.39 Å². The largest absolute Gasteiger partial charge is 0.494 e. The number of nitrogens with zero attached hydrogens (tertiary/aromatic N) is 4. The van der Waals surface area contributed by atoms with Gasteiger partial charge in [-0.05, 0) is 71.8 Å². The third-order valence-electron chi connectivity index (χ3n) is 4.34. The zero-order valence-corrected chi connectivity index (χ0v) is 21.5. The molecule has 0 spiro atoms. The minimum atomic E-state index is -0.452. The lowest BCUT2D eigenvalue weighted by atomic mass is 10.2. The van der Waals surface area contributed by atoms with Gasteiger partial charge in [0.25, 0.3) is 0 Å². The number of aliphatic hydroxyl groups is 1. The van der Waals surface area contributed by atoms with Crippen LogP contribution < -0.4 is 14.2 Å². The lowest BCUT2D eigenvalue weighted by Crippen LogP contribution is -2.15. The van der Waals surface area contributed by atoms with Crippen molar-refractivity contribution in [1.82, 2.24) is 9.80 Å². The summed E-state index contributed by atoms with van der Waals surface area (Å²) in [7, 11) is 11.0. The number of aliphatic hydroxyl groups excluding tert-OH is 1. The molecule has 8 nitrogen and oxygen atoms in total. The Morgan fingerprint density at radius 2 is 1.31 bits per heavy atom. The predicted molar refractivity (Wildman–Crippen MR) is 134 cm³/mol. The van der Waals surface area contributed by atoms with Gasteiger partial charge < -0.3 is 29.1 Å². The number of hydrogen-bond acceptors (Lipinski definition) is 8. The second-order valence-electron chi connectivity index (χ2n) is 7.82. The molecule has 1 N–H and O–H groups in total. The summed E-state index contributed by atoms with van der Waals surface area (Å²) in [5, 5.41) is 25.5. The molecule has 192 valence electrons. The lowest BCUT2D eigenvalue weighted by molar-refractivity contribution is 0.263. The van der Waals surface area contributed by atoms with Gasteiger partial charge in [-0.2, -0.15) is 10.5 Å². The third kappa shape index (κ3) is 14.5. The molecule has 0 amide bonds. The molecule has 0 atom stereocenters. The Labute approximate surface area is 208 Å². The summed E-state index contributed by atoms with van der Waals surface area (Å²) < 4.78 is 28.1. The minimum Gasteiger partial charge on any atom is -0.494 e. The van der Waals surface area contributed by atoms with Crippen molar-refractivity contribution < 1.29 is 23.7 Å².